The highest BCUT2D eigenvalue weighted by atomic mass is 32.2. The van der Waals surface area contributed by atoms with Gasteiger partial charge in [-0.25, -0.2) is 9.78 Å². The molecule has 0 aliphatic heterocycles. The number of H-pyrrole nitrogens is 1. The fourth-order valence-electron chi connectivity index (χ4n) is 2.46. The van der Waals surface area contributed by atoms with E-state index in [9.17, 15) is 14.4 Å². The van der Waals surface area contributed by atoms with Crippen molar-refractivity contribution in [2.45, 2.75) is 50.4 Å². The van der Waals surface area contributed by atoms with Crippen LogP contribution >= 0.6 is 11.8 Å². The van der Waals surface area contributed by atoms with Crippen LogP contribution in [0.1, 0.15) is 49.7 Å². The summed E-state index contributed by atoms with van der Waals surface area (Å²) in [5, 5.41) is 2.63. The molecule has 2 N–H and O–H groups in total. The Bertz CT molecular complexity index is 882. The van der Waals surface area contributed by atoms with Gasteiger partial charge in [0.25, 0.3) is 5.56 Å². The van der Waals surface area contributed by atoms with Gasteiger partial charge >= 0.3 is 5.97 Å². The van der Waals surface area contributed by atoms with Gasteiger partial charge in [-0.2, -0.15) is 0 Å². The lowest BCUT2D eigenvalue weighted by Gasteiger charge is -2.14. The third kappa shape index (κ3) is 6.23. The largest absolute Gasteiger partial charge is 0.462 e. The third-order valence-electron chi connectivity index (χ3n) is 3.90. The summed E-state index contributed by atoms with van der Waals surface area (Å²) in [6.07, 6.45) is 2.68. The van der Waals surface area contributed by atoms with E-state index in [0.29, 0.717) is 22.1 Å². The molecule has 28 heavy (non-hydrogen) atoms. The first-order valence-corrected chi connectivity index (χ1v) is 10.2. The molecule has 1 aromatic heterocycles. The average Bonchev–Trinajstić information content (AvgIpc) is 2.66. The highest BCUT2D eigenvalue weighted by Gasteiger charge is 2.19. The van der Waals surface area contributed by atoms with Gasteiger partial charge in [0, 0.05) is 11.8 Å². The first kappa shape index (κ1) is 21.7. The second kappa shape index (κ2) is 10.7. The summed E-state index contributed by atoms with van der Waals surface area (Å²) in [6.45, 7) is 5.76. The van der Waals surface area contributed by atoms with Crippen molar-refractivity contribution >= 4 is 29.3 Å². The molecule has 0 saturated carbocycles. The Morgan fingerprint density at radius 3 is 2.75 bits per heavy atom. The van der Waals surface area contributed by atoms with Crippen molar-refractivity contribution in [1.29, 1.82) is 0 Å². The predicted molar refractivity (Wildman–Crippen MR) is 110 cm³/mol. The van der Waals surface area contributed by atoms with E-state index in [0.717, 1.165) is 31.0 Å². The van der Waals surface area contributed by atoms with Crippen molar-refractivity contribution in [3.63, 3.8) is 0 Å². The van der Waals surface area contributed by atoms with Crippen LogP contribution in [-0.2, 0) is 16.0 Å². The van der Waals surface area contributed by atoms with Crippen LogP contribution in [0.4, 0.5) is 5.69 Å². The molecule has 0 bridgehead atoms. The molecule has 1 amide bonds. The van der Waals surface area contributed by atoms with Crippen LogP contribution in [0.5, 0.6) is 0 Å². The zero-order chi connectivity index (χ0) is 20.5. The van der Waals surface area contributed by atoms with Gasteiger partial charge in [-0.15, -0.1) is 0 Å². The van der Waals surface area contributed by atoms with E-state index < -0.39 is 11.2 Å². The van der Waals surface area contributed by atoms with E-state index in [4.69, 9.17) is 4.74 Å². The number of unbranched alkanes of at least 4 members (excludes halogenated alkanes) is 1. The molecule has 0 fully saturated rings. The summed E-state index contributed by atoms with van der Waals surface area (Å²) in [5.41, 5.74) is 1.16. The summed E-state index contributed by atoms with van der Waals surface area (Å²) < 4.78 is 5.02. The monoisotopic (exact) mass is 403 g/mol. The summed E-state index contributed by atoms with van der Waals surface area (Å²) in [6, 6.07) is 8.16. The standard InChI is InChI=1S/C20H25N3O4S/c1-4-6-9-14-12-17(24)23-20(21-14)28-13(3)18(25)22-16-11-8-7-10-15(16)19(26)27-5-2/h7-8,10-13H,4-6,9H2,1-3H3,(H,22,25)(H,21,23,24). The maximum absolute atomic E-state index is 12.6. The van der Waals surface area contributed by atoms with Gasteiger partial charge in [-0.3, -0.25) is 9.59 Å². The lowest BCUT2D eigenvalue weighted by atomic mass is 10.1. The lowest BCUT2D eigenvalue weighted by Crippen LogP contribution is -2.24. The van der Waals surface area contributed by atoms with Crippen molar-refractivity contribution in [2.75, 3.05) is 11.9 Å². The van der Waals surface area contributed by atoms with Crippen molar-refractivity contribution in [3.8, 4) is 0 Å². The number of aromatic nitrogens is 2. The van der Waals surface area contributed by atoms with Gasteiger partial charge in [-0.05, 0) is 38.8 Å². The first-order chi connectivity index (χ1) is 13.4. The number of hydrogen-bond acceptors (Lipinski definition) is 6. The number of anilines is 1. The van der Waals surface area contributed by atoms with Crippen molar-refractivity contribution in [2.24, 2.45) is 0 Å². The smallest absolute Gasteiger partial charge is 0.340 e. The molecular weight excluding hydrogens is 378 g/mol. The van der Waals surface area contributed by atoms with Gasteiger partial charge in [0.05, 0.1) is 23.1 Å². The molecule has 0 radical (unpaired) electrons. The Labute approximate surface area is 168 Å². The molecule has 0 saturated heterocycles. The molecule has 7 nitrogen and oxygen atoms in total. The maximum Gasteiger partial charge on any atom is 0.340 e. The van der Waals surface area contributed by atoms with Crippen molar-refractivity contribution in [3.05, 3.63) is 51.9 Å². The number of thioether (sulfide) groups is 1. The molecule has 1 unspecified atom stereocenters. The van der Waals surface area contributed by atoms with Gasteiger partial charge in [-0.1, -0.05) is 37.2 Å². The molecule has 2 aromatic rings. The Hall–Kier alpha value is -2.61. The SMILES string of the molecule is CCCCc1cc(=O)[nH]c(SC(C)C(=O)Nc2ccccc2C(=O)OCC)n1. The zero-order valence-electron chi connectivity index (χ0n) is 16.3. The number of aryl methyl sites for hydroxylation is 1. The second-order valence-electron chi connectivity index (χ2n) is 6.16. The highest BCUT2D eigenvalue weighted by molar-refractivity contribution is 8.00. The molecule has 1 atom stereocenters. The number of carbonyl (C=O) groups excluding carboxylic acids is 2. The Morgan fingerprint density at radius 2 is 2.04 bits per heavy atom. The van der Waals surface area contributed by atoms with E-state index >= 15 is 0 Å². The number of para-hydroxylation sites is 1. The van der Waals surface area contributed by atoms with Crippen molar-refractivity contribution < 1.29 is 14.3 Å². The second-order valence-corrected chi connectivity index (χ2v) is 7.49. The Morgan fingerprint density at radius 1 is 1.29 bits per heavy atom. The molecule has 8 heteroatoms. The van der Waals surface area contributed by atoms with Crippen LogP contribution in [0.2, 0.25) is 0 Å². The topological polar surface area (TPSA) is 101 Å². The number of nitrogens with zero attached hydrogens (tertiary/aromatic N) is 1. The predicted octanol–water partition coefficient (Wildman–Crippen LogP) is 3.41. The van der Waals surface area contributed by atoms with Gasteiger partial charge in [0.2, 0.25) is 5.91 Å². The number of amides is 1. The molecule has 0 aliphatic carbocycles. The number of carbonyl (C=O) groups is 2. The molecule has 1 aromatic carbocycles. The summed E-state index contributed by atoms with van der Waals surface area (Å²) >= 11 is 1.16. The lowest BCUT2D eigenvalue weighted by molar-refractivity contribution is -0.115. The molecule has 2 rings (SSSR count). The number of ether oxygens (including phenoxy) is 1. The minimum atomic E-state index is -0.528. The third-order valence-corrected chi connectivity index (χ3v) is 4.88. The molecule has 0 spiro atoms. The van der Waals surface area contributed by atoms with E-state index in [2.05, 4.69) is 22.2 Å². The first-order valence-electron chi connectivity index (χ1n) is 9.28. The number of benzene rings is 1. The average molecular weight is 404 g/mol. The van der Waals surface area contributed by atoms with E-state index in [1.807, 2.05) is 0 Å². The number of nitrogens with one attached hydrogen (secondary N) is 2. The highest BCUT2D eigenvalue weighted by Crippen LogP contribution is 2.22. The number of esters is 1. The van der Waals surface area contributed by atoms with Crippen LogP contribution in [-0.4, -0.2) is 33.7 Å². The summed E-state index contributed by atoms with van der Waals surface area (Å²) in [4.78, 5) is 43.6. The Balaban J connectivity index is 2.09. The maximum atomic E-state index is 12.6. The number of rotatable bonds is 9. The van der Waals surface area contributed by atoms with Crippen LogP contribution in [0.25, 0.3) is 0 Å². The minimum Gasteiger partial charge on any atom is -0.462 e. The number of hydrogen-bond donors (Lipinski definition) is 2. The normalized spacial score (nSPS) is 11.7. The van der Waals surface area contributed by atoms with Gasteiger partial charge < -0.3 is 15.0 Å². The van der Waals surface area contributed by atoms with Crippen LogP contribution in [0, 0.1) is 0 Å². The number of aromatic amines is 1. The summed E-state index contributed by atoms with van der Waals surface area (Å²) in [5.74, 6) is -0.795. The van der Waals surface area contributed by atoms with Crippen LogP contribution in [0.15, 0.2) is 40.3 Å². The molecule has 0 aliphatic rings. The van der Waals surface area contributed by atoms with Gasteiger partial charge in [0.15, 0.2) is 5.16 Å². The van der Waals surface area contributed by atoms with E-state index in [1.165, 1.54) is 6.07 Å². The van der Waals surface area contributed by atoms with Crippen molar-refractivity contribution in [1.82, 2.24) is 9.97 Å². The molecule has 150 valence electrons. The quantitative estimate of drug-likeness (QED) is 0.378. The van der Waals surface area contributed by atoms with Crippen LogP contribution < -0.4 is 10.9 Å². The molecular formula is C20H25N3O4S. The minimum absolute atomic E-state index is 0.233. The zero-order valence-corrected chi connectivity index (χ0v) is 17.1. The fourth-order valence-corrected chi connectivity index (χ4v) is 3.29. The van der Waals surface area contributed by atoms with Gasteiger partial charge in [0.1, 0.15) is 0 Å². The molecule has 1 heterocycles. The Kier molecular flexibility index (Phi) is 8.25. The summed E-state index contributed by atoms with van der Waals surface area (Å²) in [7, 11) is 0. The fraction of sp³-hybridized carbons (Fsp3) is 0.400. The van der Waals surface area contributed by atoms with E-state index in [-0.39, 0.29) is 18.1 Å². The van der Waals surface area contributed by atoms with Crippen LogP contribution in [0.3, 0.4) is 0 Å². The van der Waals surface area contributed by atoms with E-state index in [1.54, 1.807) is 38.1 Å².